The number of carbonyl (C=O) groups excluding carboxylic acids is 2. The van der Waals surface area contributed by atoms with Crippen LogP contribution in [0.4, 0.5) is 4.39 Å². The number of sulfone groups is 1. The summed E-state index contributed by atoms with van der Waals surface area (Å²) in [6, 6.07) is 2.29. The van der Waals surface area contributed by atoms with Crippen LogP contribution in [0.1, 0.15) is 16.8 Å². The minimum atomic E-state index is -4.18. The summed E-state index contributed by atoms with van der Waals surface area (Å²) in [6.45, 7) is -0.168. The first-order chi connectivity index (χ1) is 14.5. The van der Waals surface area contributed by atoms with Gasteiger partial charge in [-0.25, -0.2) is 26.0 Å². The van der Waals surface area contributed by atoms with Crippen molar-refractivity contribution in [3.63, 3.8) is 0 Å². The molecule has 0 N–H and O–H groups in total. The molecular weight excluding hydrogens is 455 g/mol. The van der Waals surface area contributed by atoms with Crippen LogP contribution >= 0.6 is 0 Å². The number of benzene rings is 1. The van der Waals surface area contributed by atoms with Crippen LogP contribution < -0.4 is 0 Å². The maximum atomic E-state index is 14.2. The van der Waals surface area contributed by atoms with Gasteiger partial charge in [0.05, 0.1) is 30.3 Å². The lowest BCUT2D eigenvalue weighted by Gasteiger charge is -2.26. The molecule has 2 heterocycles. The van der Waals surface area contributed by atoms with Gasteiger partial charge in [-0.3, -0.25) is 4.79 Å². The van der Waals surface area contributed by atoms with E-state index in [1.165, 1.54) is 11.9 Å². The van der Waals surface area contributed by atoms with Crippen LogP contribution in [0.2, 0.25) is 0 Å². The summed E-state index contributed by atoms with van der Waals surface area (Å²) in [5, 5.41) is 0. The Morgan fingerprint density at radius 1 is 1.29 bits per heavy atom. The summed E-state index contributed by atoms with van der Waals surface area (Å²) in [4.78, 5) is 25.1. The normalized spacial score (nSPS) is 21.5. The van der Waals surface area contributed by atoms with E-state index < -0.39 is 55.1 Å². The van der Waals surface area contributed by atoms with Gasteiger partial charge in [0.2, 0.25) is 10.0 Å². The highest BCUT2D eigenvalue weighted by molar-refractivity contribution is 7.91. The Morgan fingerprint density at radius 2 is 1.97 bits per heavy atom. The third-order valence-corrected chi connectivity index (χ3v) is 8.90. The molecule has 172 valence electrons. The molecule has 0 aromatic heterocycles. The number of ether oxygens (including phenoxy) is 2. The van der Waals surface area contributed by atoms with Gasteiger partial charge in [0.25, 0.3) is 5.91 Å². The highest BCUT2D eigenvalue weighted by atomic mass is 32.2. The second-order valence-corrected chi connectivity index (χ2v) is 11.4. The van der Waals surface area contributed by atoms with Gasteiger partial charge in [0, 0.05) is 26.2 Å². The Morgan fingerprint density at radius 3 is 2.58 bits per heavy atom. The van der Waals surface area contributed by atoms with Crippen molar-refractivity contribution in [1.82, 2.24) is 9.21 Å². The number of morpholine rings is 1. The number of carbonyl (C=O) groups is 2. The molecule has 0 spiro atoms. The Labute approximate surface area is 179 Å². The third kappa shape index (κ3) is 5.40. The van der Waals surface area contributed by atoms with Crippen molar-refractivity contribution >= 4 is 31.7 Å². The zero-order valence-corrected chi connectivity index (χ0v) is 18.5. The van der Waals surface area contributed by atoms with Gasteiger partial charge in [0.1, 0.15) is 10.7 Å². The van der Waals surface area contributed by atoms with Gasteiger partial charge < -0.3 is 14.4 Å². The lowest BCUT2D eigenvalue weighted by Crippen LogP contribution is -2.41. The summed E-state index contributed by atoms with van der Waals surface area (Å²) in [6.07, 6.45) is 0.305. The standard InChI is InChI=1S/C18H23FN2O8S2/c1-20(14-4-9-30(24,25)12-14)17(22)11-29-18(23)13-2-3-15(19)16(10-13)31(26,27)21-5-7-28-8-6-21/h2-3,10,14H,4-9,11-12H2,1H3/t14-/m1/s1. The molecule has 3 rings (SSSR count). The summed E-state index contributed by atoms with van der Waals surface area (Å²) in [5.74, 6) is -2.77. The van der Waals surface area contributed by atoms with Crippen LogP contribution in [0.5, 0.6) is 0 Å². The van der Waals surface area contributed by atoms with Crippen molar-refractivity contribution in [2.24, 2.45) is 0 Å². The van der Waals surface area contributed by atoms with Gasteiger partial charge in [-0.2, -0.15) is 4.31 Å². The highest BCUT2D eigenvalue weighted by Crippen LogP contribution is 2.22. The van der Waals surface area contributed by atoms with E-state index in [-0.39, 0.29) is 43.4 Å². The maximum absolute atomic E-state index is 14.2. The second kappa shape index (κ2) is 9.18. The van der Waals surface area contributed by atoms with E-state index in [1.54, 1.807) is 0 Å². The van der Waals surface area contributed by atoms with Crippen molar-refractivity contribution < 1.29 is 40.3 Å². The number of sulfonamides is 1. The number of amides is 1. The minimum Gasteiger partial charge on any atom is -0.452 e. The van der Waals surface area contributed by atoms with E-state index in [0.29, 0.717) is 6.42 Å². The van der Waals surface area contributed by atoms with Gasteiger partial charge >= 0.3 is 5.97 Å². The van der Waals surface area contributed by atoms with Crippen LogP contribution in [0.3, 0.4) is 0 Å². The van der Waals surface area contributed by atoms with Crippen molar-refractivity contribution in [1.29, 1.82) is 0 Å². The van der Waals surface area contributed by atoms with Crippen LogP contribution in [0.15, 0.2) is 23.1 Å². The summed E-state index contributed by atoms with van der Waals surface area (Å²) in [7, 11) is -5.94. The monoisotopic (exact) mass is 478 g/mol. The minimum absolute atomic E-state index is 0.00888. The lowest BCUT2D eigenvalue weighted by molar-refractivity contribution is -0.134. The number of hydrogen-bond acceptors (Lipinski definition) is 8. The Kier molecular flexibility index (Phi) is 6.98. The molecule has 1 aromatic carbocycles. The van der Waals surface area contributed by atoms with Gasteiger partial charge in [-0.15, -0.1) is 0 Å². The second-order valence-electron chi connectivity index (χ2n) is 7.30. The van der Waals surface area contributed by atoms with Gasteiger partial charge in [-0.1, -0.05) is 0 Å². The van der Waals surface area contributed by atoms with Crippen LogP contribution in [-0.2, 0) is 34.1 Å². The molecule has 2 aliphatic rings. The number of hydrogen-bond donors (Lipinski definition) is 0. The fourth-order valence-electron chi connectivity index (χ4n) is 3.35. The molecule has 1 amide bonds. The Hall–Kier alpha value is -2.09. The lowest BCUT2D eigenvalue weighted by atomic mass is 10.2. The number of halogens is 1. The smallest absolute Gasteiger partial charge is 0.338 e. The third-order valence-electron chi connectivity index (χ3n) is 5.23. The first-order valence-corrected chi connectivity index (χ1v) is 12.8. The van der Waals surface area contributed by atoms with Crippen molar-refractivity contribution in [2.75, 3.05) is 51.5 Å². The van der Waals surface area contributed by atoms with Gasteiger partial charge in [-0.05, 0) is 24.6 Å². The molecule has 1 aromatic rings. The molecule has 0 bridgehead atoms. The number of esters is 1. The summed E-state index contributed by atoms with van der Waals surface area (Å²) >= 11 is 0. The molecule has 2 saturated heterocycles. The van der Waals surface area contributed by atoms with Crippen molar-refractivity contribution in [3.8, 4) is 0 Å². The van der Waals surface area contributed by atoms with Gasteiger partial charge in [0.15, 0.2) is 16.4 Å². The topological polar surface area (TPSA) is 127 Å². The number of likely N-dealkylation sites (N-methyl/N-ethyl adjacent to an activating group) is 1. The molecule has 0 unspecified atom stereocenters. The number of nitrogens with zero attached hydrogens (tertiary/aromatic N) is 2. The molecule has 31 heavy (non-hydrogen) atoms. The Bertz CT molecular complexity index is 1070. The molecular formula is C18H23FN2O8S2. The van der Waals surface area contributed by atoms with E-state index in [9.17, 15) is 30.8 Å². The predicted octanol–water partition coefficient (Wildman–Crippen LogP) is -0.351. The first-order valence-electron chi connectivity index (χ1n) is 9.52. The fourth-order valence-corrected chi connectivity index (χ4v) is 6.62. The van der Waals surface area contributed by atoms with E-state index in [2.05, 4.69) is 0 Å². The zero-order chi connectivity index (χ0) is 22.8. The highest BCUT2D eigenvalue weighted by Gasteiger charge is 2.33. The molecule has 2 aliphatic heterocycles. The molecule has 0 radical (unpaired) electrons. The predicted molar refractivity (Wildman–Crippen MR) is 106 cm³/mol. The molecule has 13 heteroatoms. The van der Waals surface area contributed by atoms with E-state index in [1.807, 2.05) is 0 Å². The molecule has 1 atom stereocenters. The molecule has 10 nitrogen and oxygen atoms in total. The van der Waals surface area contributed by atoms with E-state index in [0.717, 1.165) is 22.5 Å². The SMILES string of the molecule is CN(C(=O)COC(=O)c1ccc(F)c(S(=O)(=O)N2CCOCC2)c1)[C@@H]1CCS(=O)(=O)C1. The summed E-state index contributed by atoms with van der Waals surface area (Å²) < 4.78 is 73.9. The van der Waals surface area contributed by atoms with Crippen molar-refractivity contribution in [2.45, 2.75) is 17.4 Å². The average Bonchev–Trinajstić information content (AvgIpc) is 3.11. The largest absolute Gasteiger partial charge is 0.452 e. The van der Waals surface area contributed by atoms with Crippen LogP contribution in [-0.4, -0.2) is 95.4 Å². The molecule has 2 fully saturated rings. The summed E-state index contributed by atoms with van der Waals surface area (Å²) in [5.41, 5.74) is -0.230. The number of rotatable bonds is 6. The maximum Gasteiger partial charge on any atom is 0.338 e. The van der Waals surface area contributed by atoms with E-state index in [4.69, 9.17) is 9.47 Å². The molecule has 0 aliphatic carbocycles. The quantitative estimate of drug-likeness (QED) is 0.508. The van der Waals surface area contributed by atoms with E-state index >= 15 is 0 Å². The fraction of sp³-hybridized carbons (Fsp3) is 0.556. The Balaban J connectivity index is 1.67. The first kappa shape index (κ1) is 23.6. The van der Waals surface area contributed by atoms with Crippen molar-refractivity contribution in [3.05, 3.63) is 29.6 Å². The zero-order valence-electron chi connectivity index (χ0n) is 16.8. The average molecular weight is 479 g/mol. The molecule has 0 saturated carbocycles. The van der Waals surface area contributed by atoms with Crippen LogP contribution in [0.25, 0.3) is 0 Å². The van der Waals surface area contributed by atoms with Crippen LogP contribution in [0, 0.1) is 5.82 Å².